The lowest BCUT2D eigenvalue weighted by Crippen LogP contribution is -2.39. The van der Waals surface area contributed by atoms with Gasteiger partial charge in [0.25, 0.3) is 0 Å². The van der Waals surface area contributed by atoms with Crippen molar-refractivity contribution in [2.24, 2.45) is 4.99 Å². The molecule has 2 N–H and O–H groups in total. The molecule has 1 aliphatic rings. The van der Waals surface area contributed by atoms with E-state index in [-0.39, 0.29) is 30.0 Å². The molecule has 2 aromatic rings. The minimum atomic E-state index is 0. The van der Waals surface area contributed by atoms with E-state index in [2.05, 4.69) is 53.4 Å². The first-order valence-electron chi connectivity index (χ1n) is 10.9. The molecule has 1 atom stereocenters. The second-order valence-corrected chi connectivity index (χ2v) is 8.97. The molecule has 0 amide bonds. The maximum Gasteiger partial charge on any atom is 0.191 e. The van der Waals surface area contributed by atoms with Crippen molar-refractivity contribution < 1.29 is 4.74 Å². The van der Waals surface area contributed by atoms with Crippen LogP contribution in [0.4, 0.5) is 0 Å². The number of nitrogens with zero attached hydrogens (tertiary/aromatic N) is 3. The third-order valence-electron chi connectivity index (χ3n) is 5.55. The summed E-state index contributed by atoms with van der Waals surface area (Å²) in [7, 11) is 1.71. The Bertz CT molecular complexity index is 798. The highest BCUT2D eigenvalue weighted by Crippen LogP contribution is 2.27. The van der Waals surface area contributed by atoms with E-state index in [4.69, 9.17) is 9.73 Å². The number of aromatic nitrogens is 1. The monoisotopic (exact) mass is 557 g/mol. The van der Waals surface area contributed by atoms with Gasteiger partial charge in [0.2, 0.25) is 0 Å². The largest absolute Gasteiger partial charge is 0.497 e. The lowest BCUT2D eigenvalue weighted by molar-refractivity contribution is 0.251. The van der Waals surface area contributed by atoms with Gasteiger partial charge in [0.05, 0.1) is 30.4 Å². The first kappa shape index (κ1) is 25.9. The Morgan fingerprint density at radius 2 is 1.90 bits per heavy atom. The predicted octanol–water partition coefficient (Wildman–Crippen LogP) is 4.32. The molecule has 0 radical (unpaired) electrons. The number of halogens is 1. The first-order chi connectivity index (χ1) is 14.6. The summed E-state index contributed by atoms with van der Waals surface area (Å²) in [5.74, 6) is 1.77. The molecular formula is C23H36IN5OS. The molecule has 0 aliphatic carbocycles. The van der Waals surface area contributed by atoms with Gasteiger partial charge in [-0.25, -0.2) is 4.98 Å². The highest BCUT2D eigenvalue weighted by molar-refractivity contribution is 14.0. The number of ether oxygens (including phenoxy) is 1. The van der Waals surface area contributed by atoms with Crippen LogP contribution in [-0.4, -0.2) is 55.7 Å². The third kappa shape index (κ3) is 7.61. The van der Waals surface area contributed by atoms with Crippen LogP contribution >= 0.6 is 35.3 Å². The molecule has 1 saturated heterocycles. The van der Waals surface area contributed by atoms with Crippen LogP contribution in [0.15, 0.2) is 29.3 Å². The van der Waals surface area contributed by atoms with Crippen molar-refractivity contribution >= 4 is 41.3 Å². The summed E-state index contributed by atoms with van der Waals surface area (Å²) in [4.78, 5) is 13.4. The number of benzene rings is 1. The molecule has 1 aromatic heterocycles. The number of nitrogens with one attached hydrogen (secondary N) is 2. The predicted molar refractivity (Wildman–Crippen MR) is 141 cm³/mol. The topological polar surface area (TPSA) is 61.8 Å². The molecule has 1 aromatic carbocycles. The maximum absolute atomic E-state index is 5.33. The van der Waals surface area contributed by atoms with E-state index in [1.165, 1.54) is 28.3 Å². The Balaban J connectivity index is 0.00000341. The van der Waals surface area contributed by atoms with Crippen LogP contribution in [0.5, 0.6) is 5.75 Å². The van der Waals surface area contributed by atoms with Gasteiger partial charge in [-0.05, 0) is 64.4 Å². The summed E-state index contributed by atoms with van der Waals surface area (Å²) in [6, 6.07) is 8.72. The Hall–Kier alpha value is -1.39. The first-order valence-corrected chi connectivity index (χ1v) is 11.8. The van der Waals surface area contributed by atoms with E-state index < -0.39 is 0 Å². The highest BCUT2D eigenvalue weighted by Gasteiger charge is 2.23. The zero-order valence-electron chi connectivity index (χ0n) is 19.1. The minimum Gasteiger partial charge on any atom is -0.497 e. The van der Waals surface area contributed by atoms with Crippen molar-refractivity contribution in [3.8, 4) is 5.75 Å². The number of guanidine groups is 1. The third-order valence-corrected chi connectivity index (χ3v) is 6.69. The van der Waals surface area contributed by atoms with Gasteiger partial charge in [0.15, 0.2) is 5.96 Å². The summed E-state index contributed by atoms with van der Waals surface area (Å²) in [6.45, 7) is 11.0. The Kier molecular flexibility index (Phi) is 11.0. The van der Waals surface area contributed by atoms with Crippen LogP contribution < -0.4 is 15.4 Å². The molecule has 31 heavy (non-hydrogen) atoms. The van der Waals surface area contributed by atoms with Crippen LogP contribution in [0.3, 0.4) is 0 Å². The maximum atomic E-state index is 5.33. The zero-order chi connectivity index (χ0) is 21.3. The number of hydrogen-bond donors (Lipinski definition) is 2. The van der Waals surface area contributed by atoms with Gasteiger partial charge >= 0.3 is 0 Å². The lowest BCUT2D eigenvalue weighted by Gasteiger charge is -2.27. The van der Waals surface area contributed by atoms with Gasteiger partial charge in [0.1, 0.15) is 5.75 Å². The van der Waals surface area contributed by atoms with Gasteiger partial charge < -0.3 is 15.4 Å². The highest BCUT2D eigenvalue weighted by atomic mass is 127. The quantitative estimate of drug-likeness (QED) is 0.273. The van der Waals surface area contributed by atoms with Gasteiger partial charge in [-0.1, -0.05) is 12.1 Å². The molecule has 1 fully saturated rings. The van der Waals surface area contributed by atoms with E-state index in [0.717, 1.165) is 56.5 Å². The summed E-state index contributed by atoms with van der Waals surface area (Å²) >= 11 is 1.79. The number of hydrogen-bond acceptors (Lipinski definition) is 5. The molecule has 8 heteroatoms. The number of likely N-dealkylation sites (tertiary alicyclic amines) is 1. The standard InChI is InChI=1S/C23H35N5OS.HI/c1-5-24-23(25-13-12-22-27-17(2)18(3)30-22)26-16-21(28-14-6-7-15-28)19-8-10-20(29-4)11-9-19;/h8-11,21H,5-7,12-16H2,1-4H3,(H2,24,25,26);1H. The van der Waals surface area contributed by atoms with Crippen molar-refractivity contribution in [3.63, 3.8) is 0 Å². The molecular weight excluding hydrogens is 521 g/mol. The van der Waals surface area contributed by atoms with Crippen LogP contribution in [0.25, 0.3) is 0 Å². The molecule has 3 rings (SSSR count). The molecule has 6 nitrogen and oxygen atoms in total. The number of methoxy groups -OCH3 is 1. The molecule has 1 unspecified atom stereocenters. The fourth-order valence-electron chi connectivity index (χ4n) is 3.76. The smallest absolute Gasteiger partial charge is 0.191 e. The van der Waals surface area contributed by atoms with Crippen molar-refractivity contribution in [2.75, 3.05) is 39.8 Å². The average Bonchev–Trinajstić information content (AvgIpc) is 3.39. The van der Waals surface area contributed by atoms with Crippen LogP contribution in [0, 0.1) is 13.8 Å². The summed E-state index contributed by atoms with van der Waals surface area (Å²) < 4.78 is 5.33. The SMILES string of the molecule is CCNC(=NCC(c1ccc(OC)cc1)N1CCCC1)NCCc1nc(C)c(C)s1.I. The molecule has 0 saturated carbocycles. The van der Waals surface area contributed by atoms with Crippen LogP contribution in [0.1, 0.15) is 46.9 Å². The normalized spacial score (nSPS) is 15.4. The average molecular weight is 558 g/mol. The van der Waals surface area contributed by atoms with Crippen molar-refractivity contribution in [1.82, 2.24) is 20.5 Å². The minimum absolute atomic E-state index is 0. The van der Waals surface area contributed by atoms with Crippen molar-refractivity contribution in [2.45, 2.75) is 46.1 Å². The van der Waals surface area contributed by atoms with E-state index >= 15 is 0 Å². The number of aryl methyl sites for hydroxylation is 2. The van der Waals surface area contributed by atoms with Crippen molar-refractivity contribution in [1.29, 1.82) is 0 Å². The van der Waals surface area contributed by atoms with E-state index in [9.17, 15) is 0 Å². The van der Waals surface area contributed by atoms with E-state index in [1.807, 2.05) is 12.1 Å². The van der Waals surface area contributed by atoms with Gasteiger partial charge in [0, 0.05) is 24.4 Å². The lowest BCUT2D eigenvalue weighted by atomic mass is 10.1. The Morgan fingerprint density at radius 1 is 1.19 bits per heavy atom. The fraction of sp³-hybridized carbons (Fsp3) is 0.565. The van der Waals surface area contributed by atoms with Gasteiger partial charge in [-0.2, -0.15) is 0 Å². The second kappa shape index (κ2) is 13.2. The molecule has 2 heterocycles. The molecule has 172 valence electrons. The summed E-state index contributed by atoms with van der Waals surface area (Å²) in [6.07, 6.45) is 3.44. The zero-order valence-corrected chi connectivity index (χ0v) is 22.3. The molecule has 0 bridgehead atoms. The number of rotatable bonds is 9. The number of aliphatic imine (C=N–C) groups is 1. The van der Waals surface area contributed by atoms with Gasteiger partial charge in [-0.15, -0.1) is 35.3 Å². The summed E-state index contributed by atoms with van der Waals surface area (Å²) in [5.41, 5.74) is 2.44. The summed E-state index contributed by atoms with van der Waals surface area (Å²) in [5, 5.41) is 8.05. The van der Waals surface area contributed by atoms with E-state index in [0.29, 0.717) is 0 Å². The number of thiazole rings is 1. The van der Waals surface area contributed by atoms with E-state index in [1.54, 1.807) is 18.4 Å². The molecule has 1 aliphatic heterocycles. The van der Waals surface area contributed by atoms with Crippen LogP contribution in [0.2, 0.25) is 0 Å². The fourth-order valence-corrected chi connectivity index (χ4v) is 4.70. The van der Waals surface area contributed by atoms with Gasteiger partial charge in [-0.3, -0.25) is 9.89 Å². The Labute approximate surface area is 207 Å². The van der Waals surface area contributed by atoms with Crippen LogP contribution in [-0.2, 0) is 6.42 Å². The Morgan fingerprint density at radius 3 is 2.48 bits per heavy atom. The molecule has 0 spiro atoms. The second-order valence-electron chi connectivity index (χ2n) is 7.68. The van der Waals surface area contributed by atoms with Crippen molar-refractivity contribution in [3.05, 3.63) is 45.4 Å².